The van der Waals surface area contributed by atoms with Crippen molar-refractivity contribution in [1.82, 2.24) is 24.6 Å². The molecule has 2 aliphatic rings. The number of hydrogen-bond donors (Lipinski definition) is 0. The zero-order valence-electron chi connectivity index (χ0n) is 18.8. The fourth-order valence-electron chi connectivity index (χ4n) is 5.27. The lowest BCUT2D eigenvalue weighted by molar-refractivity contribution is 0.231. The zero-order valence-corrected chi connectivity index (χ0v) is 20.3. The van der Waals surface area contributed by atoms with Gasteiger partial charge in [-0.2, -0.15) is 5.10 Å². The van der Waals surface area contributed by atoms with E-state index in [-0.39, 0.29) is 0 Å². The van der Waals surface area contributed by atoms with Crippen LogP contribution < -0.4 is 4.90 Å². The lowest BCUT2D eigenvalue weighted by atomic mass is 9.76. The second-order valence-corrected chi connectivity index (χ2v) is 10.6. The van der Waals surface area contributed by atoms with Crippen molar-refractivity contribution in [2.75, 3.05) is 18.0 Å². The SMILES string of the molecule is Cc1nccc(Sc2c(C)nc(N3CCC4(CC3)Cc3cccnc3C4)c3ccnn23)c1Cl. The number of anilines is 1. The van der Waals surface area contributed by atoms with Crippen LogP contribution in [0.15, 0.2) is 52.8 Å². The highest BCUT2D eigenvalue weighted by molar-refractivity contribution is 7.99. The van der Waals surface area contributed by atoms with E-state index in [0.29, 0.717) is 10.4 Å². The van der Waals surface area contributed by atoms with Crippen LogP contribution in [0.1, 0.15) is 35.5 Å². The van der Waals surface area contributed by atoms with Gasteiger partial charge in [0, 0.05) is 36.1 Å². The quantitative estimate of drug-likeness (QED) is 0.398. The number of pyridine rings is 2. The average Bonchev–Trinajstić information content (AvgIpc) is 3.44. The van der Waals surface area contributed by atoms with Crippen LogP contribution in [0.3, 0.4) is 0 Å². The molecule has 6 nitrogen and oxygen atoms in total. The first-order valence-electron chi connectivity index (χ1n) is 11.3. The Hall–Kier alpha value is -2.64. The number of piperidine rings is 1. The zero-order chi connectivity index (χ0) is 22.6. The van der Waals surface area contributed by atoms with Gasteiger partial charge in [-0.05, 0) is 68.7 Å². The molecule has 0 radical (unpaired) electrons. The highest BCUT2D eigenvalue weighted by Gasteiger charge is 2.41. The van der Waals surface area contributed by atoms with Crippen LogP contribution in [0.25, 0.3) is 5.52 Å². The Balaban J connectivity index is 1.28. The maximum Gasteiger partial charge on any atom is 0.155 e. The molecule has 33 heavy (non-hydrogen) atoms. The minimum atomic E-state index is 0.352. The molecule has 0 atom stereocenters. The van der Waals surface area contributed by atoms with E-state index in [1.165, 1.54) is 11.3 Å². The van der Waals surface area contributed by atoms with Crippen molar-refractivity contribution >= 4 is 34.7 Å². The third kappa shape index (κ3) is 3.58. The van der Waals surface area contributed by atoms with Crippen LogP contribution in [-0.4, -0.2) is 37.7 Å². The van der Waals surface area contributed by atoms with Gasteiger partial charge in [-0.3, -0.25) is 9.97 Å². The molecule has 0 saturated carbocycles. The Morgan fingerprint density at radius 2 is 1.82 bits per heavy atom. The molecule has 1 fully saturated rings. The van der Waals surface area contributed by atoms with E-state index < -0.39 is 0 Å². The maximum absolute atomic E-state index is 6.52. The Labute approximate surface area is 202 Å². The maximum atomic E-state index is 6.52. The van der Waals surface area contributed by atoms with Gasteiger partial charge in [0.25, 0.3) is 0 Å². The first-order chi connectivity index (χ1) is 16.0. The van der Waals surface area contributed by atoms with E-state index >= 15 is 0 Å². The second-order valence-electron chi connectivity index (χ2n) is 9.21. The fraction of sp³-hybridized carbons (Fsp3) is 0.360. The number of halogens is 1. The molecule has 0 amide bonds. The van der Waals surface area contributed by atoms with Gasteiger partial charge in [-0.15, -0.1) is 0 Å². The van der Waals surface area contributed by atoms with Gasteiger partial charge in [-0.25, -0.2) is 9.50 Å². The van der Waals surface area contributed by atoms with E-state index in [1.807, 2.05) is 29.9 Å². The third-order valence-corrected chi connectivity index (χ3v) is 8.91. The topological polar surface area (TPSA) is 59.2 Å². The summed E-state index contributed by atoms with van der Waals surface area (Å²) in [4.78, 5) is 17.4. The van der Waals surface area contributed by atoms with E-state index in [9.17, 15) is 0 Å². The van der Waals surface area contributed by atoms with Crippen molar-refractivity contribution in [3.8, 4) is 0 Å². The van der Waals surface area contributed by atoms with Crippen molar-refractivity contribution in [3.05, 3.63) is 70.5 Å². The molecule has 1 aliphatic heterocycles. The number of fused-ring (bicyclic) bond motifs is 2. The first-order valence-corrected chi connectivity index (χ1v) is 12.5. The molecule has 0 unspecified atom stereocenters. The molecule has 168 valence electrons. The van der Waals surface area contributed by atoms with Gasteiger partial charge in [0.2, 0.25) is 0 Å². The van der Waals surface area contributed by atoms with Gasteiger partial charge in [0.05, 0.1) is 22.6 Å². The molecular weight excluding hydrogens is 452 g/mol. The minimum Gasteiger partial charge on any atom is -0.355 e. The Bertz CT molecular complexity index is 1330. The molecule has 0 aromatic carbocycles. The predicted molar refractivity (Wildman–Crippen MR) is 131 cm³/mol. The smallest absolute Gasteiger partial charge is 0.155 e. The molecule has 4 aromatic heterocycles. The van der Waals surface area contributed by atoms with Crippen LogP contribution in [0.2, 0.25) is 5.02 Å². The highest BCUT2D eigenvalue weighted by atomic mass is 35.5. The molecule has 8 heteroatoms. The van der Waals surface area contributed by atoms with Crippen LogP contribution >= 0.6 is 23.4 Å². The normalized spacial score (nSPS) is 17.1. The lowest BCUT2D eigenvalue weighted by Crippen LogP contribution is -2.41. The molecule has 0 N–H and O–H groups in total. The van der Waals surface area contributed by atoms with Crippen LogP contribution in [0.5, 0.6) is 0 Å². The van der Waals surface area contributed by atoms with Crippen molar-refractivity contribution in [2.45, 2.75) is 49.5 Å². The number of aromatic nitrogens is 5. The first kappa shape index (κ1) is 20.9. The summed E-state index contributed by atoms with van der Waals surface area (Å²) in [6.45, 7) is 5.98. The molecule has 0 bridgehead atoms. The van der Waals surface area contributed by atoms with Gasteiger partial charge >= 0.3 is 0 Å². The summed E-state index contributed by atoms with van der Waals surface area (Å²) in [7, 11) is 0. The lowest BCUT2D eigenvalue weighted by Gasteiger charge is -2.40. The summed E-state index contributed by atoms with van der Waals surface area (Å²) in [5.74, 6) is 1.02. The Morgan fingerprint density at radius 3 is 2.64 bits per heavy atom. The number of nitrogens with zero attached hydrogens (tertiary/aromatic N) is 6. The Kier molecular flexibility index (Phi) is 5.07. The second kappa shape index (κ2) is 7.99. The summed E-state index contributed by atoms with van der Waals surface area (Å²) < 4.78 is 2.01. The van der Waals surface area contributed by atoms with Crippen molar-refractivity contribution in [3.63, 3.8) is 0 Å². The summed E-state index contributed by atoms with van der Waals surface area (Å²) in [5.41, 5.74) is 5.90. The van der Waals surface area contributed by atoms with Gasteiger partial charge in [0.1, 0.15) is 10.5 Å². The molecule has 1 saturated heterocycles. The van der Waals surface area contributed by atoms with Gasteiger partial charge in [-0.1, -0.05) is 29.4 Å². The number of hydrogen-bond acceptors (Lipinski definition) is 6. The van der Waals surface area contributed by atoms with Crippen molar-refractivity contribution in [1.29, 1.82) is 0 Å². The highest BCUT2D eigenvalue weighted by Crippen LogP contribution is 2.45. The van der Waals surface area contributed by atoms with Gasteiger partial charge < -0.3 is 4.90 Å². The Morgan fingerprint density at radius 1 is 0.970 bits per heavy atom. The third-order valence-electron chi connectivity index (χ3n) is 7.10. The van der Waals surface area contributed by atoms with Crippen molar-refractivity contribution in [2.24, 2.45) is 5.41 Å². The molecule has 4 aromatic rings. The van der Waals surface area contributed by atoms with Crippen LogP contribution in [-0.2, 0) is 12.8 Å². The summed E-state index contributed by atoms with van der Waals surface area (Å²) in [6, 6.07) is 8.32. The standard InChI is InChI=1S/C25H25ClN6S/c1-16-22(26)21(6-10-27-16)33-24-17(2)30-23(20-5-11-29-32(20)24)31-12-7-25(8-13-31)14-18-4-3-9-28-19(18)15-25/h3-6,9-11H,7-8,12-15H2,1-2H3. The summed E-state index contributed by atoms with van der Waals surface area (Å²) >= 11 is 8.11. The largest absolute Gasteiger partial charge is 0.355 e. The van der Waals surface area contributed by atoms with Crippen molar-refractivity contribution < 1.29 is 0 Å². The van der Waals surface area contributed by atoms with E-state index in [2.05, 4.69) is 45.1 Å². The van der Waals surface area contributed by atoms with Gasteiger partial charge in [0.15, 0.2) is 5.82 Å². The minimum absolute atomic E-state index is 0.352. The molecule has 1 aliphatic carbocycles. The van der Waals surface area contributed by atoms with E-state index in [4.69, 9.17) is 16.6 Å². The number of aryl methyl sites for hydroxylation is 2. The molecular formula is C25H25ClN6S. The molecule has 6 rings (SSSR count). The summed E-state index contributed by atoms with van der Waals surface area (Å²) in [6.07, 6.45) is 10.2. The van der Waals surface area contributed by atoms with E-state index in [0.717, 1.165) is 71.4 Å². The van der Waals surface area contributed by atoms with E-state index in [1.54, 1.807) is 18.0 Å². The molecule has 5 heterocycles. The predicted octanol–water partition coefficient (Wildman–Crippen LogP) is 5.33. The van der Waals surface area contributed by atoms with Crippen LogP contribution in [0.4, 0.5) is 5.82 Å². The summed E-state index contributed by atoms with van der Waals surface area (Å²) in [5, 5.41) is 6.31. The monoisotopic (exact) mass is 476 g/mol. The molecule has 1 spiro atoms. The number of rotatable bonds is 3. The fourth-order valence-corrected chi connectivity index (χ4v) is 6.50. The van der Waals surface area contributed by atoms with Crippen LogP contribution in [0, 0.1) is 19.3 Å². The average molecular weight is 477 g/mol.